The van der Waals surface area contributed by atoms with Gasteiger partial charge in [0.2, 0.25) is 0 Å². The summed E-state index contributed by atoms with van der Waals surface area (Å²) in [6.45, 7) is 24.4. The van der Waals surface area contributed by atoms with Crippen LogP contribution in [0.1, 0.15) is 88.5 Å². The van der Waals surface area contributed by atoms with Crippen LogP contribution in [0.5, 0.6) is 0 Å². The molecule has 0 rings (SSSR count). The smallest absolute Gasteiger partial charge is 0.0251 e. The molecule has 0 heteroatoms. The Kier molecular flexibility index (Phi) is 7.14. The van der Waals surface area contributed by atoms with Crippen LogP contribution < -0.4 is 0 Å². The monoisotopic (exact) mass is 268 g/mol. The van der Waals surface area contributed by atoms with Gasteiger partial charge in [-0.05, 0) is 40.9 Å². The molecule has 0 bridgehead atoms. The van der Waals surface area contributed by atoms with E-state index in [4.69, 9.17) is 0 Å². The van der Waals surface area contributed by atoms with Crippen LogP contribution in [-0.2, 0) is 0 Å². The quantitative estimate of drug-likeness (QED) is 0.454. The van der Waals surface area contributed by atoms with E-state index in [2.05, 4.69) is 69.2 Å². The third-order valence-electron chi connectivity index (χ3n) is 6.39. The molecule has 0 aliphatic carbocycles. The normalized spacial score (nSPS) is 19.6. The Morgan fingerprint density at radius 3 is 1.58 bits per heavy atom. The SMILES string of the molecule is CCCC(C)C(C(C)C)C(C)(C)C(C)(CC)C(C)C. The van der Waals surface area contributed by atoms with Crippen molar-refractivity contribution in [1.82, 2.24) is 0 Å². The maximum absolute atomic E-state index is 2.54. The summed E-state index contributed by atoms with van der Waals surface area (Å²) in [7, 11) is 0. The lowest BCUT2D eigenvalue weighted by molar-refractivity contribution is -0.0595. The zero-order valence-electron chi connectivity index (χ0n) is 15.4. The molecule has 19 heavy (non-hydrogen) atoms. The summed E-state index contributed by atoms with van der Waals surface area (Å²) < 4.78 is 0. The molecule has 0 aliphatic rings. The van der Waals surface area contributed by atoms with E-state index < -0.39 is 0 Å². The van der Waals surface area contributed by atoms with Gasteiger partial charge in [0.1, 0.15) is 0 Å². The maximum Gasteiger partial charge on any atom is -0.0251 e. The third kappa shape index (κ3) is 3.76. The average molecular weight is 269 g/mol. The number of hydrogen-bond acceptors (Lipinski definition) is 0. The highest BCUT2D eigenvalue weighted by Gasteiger charge is 2.48. The fourth-order valence-electron chi connectivity index (χ4n) is 4.83. The zero-order chi connectivity index (χ0) is 15.4. The van der Waals surface area contributed by atoms with Crippen molar-refractivity contribution in [3.8, 4) is 0 Å². The Morgan fingerprint density at radius 2 is 1.32 bits per heavy atom. The molecule has 0 aliphatic heterocycles. The molecule has 0 spiro atoms. The molecule has 3 unspecified atom stereocenters. The Hall–Kier alpha value is 0. The molecule has 0 saturated carbocycles. The third-order valence-corrected chi connectivity index (χ3v) is 6.39. The first kappa shape index (κ1) is 19.0. The molecular weight excluding hydrogens is 228 g/mol. The van der Waals surface area contributed by atoms with E-state index in [1.165, 1.54) is 19.3 Å². The van der Waals surface area contributed by atoms with Gasteiger partial charge in [-0.25, -0.2) is 0 Å². The first-order valence-corrected chi connectivity index (χ1v) is 8.56. The van der Waals surface area contributed by atoms with Crippen LogP contribution >= 0.6 is 0 Å². The molecule has 116 valence electrons. The second-order valence-corrected chi connectivity index (χ2v) is 8.18. The Labute approximate surface area is 123 Å². The van der Waals surface area contributed by atoms with Crippen LogP contribution in [-0.4, -0.2) is 0 Å². The van der Waals surface area contributed by atoms with Crippen molar-refractivity contribution in [1.29, 1.82) is 0 Å². The summed E-state index contributed by atoms with van der Waals surface area (Å²) in [5.74, 6) is 3.13. The fourth-order valence-corrected chi connectivity index (χ4v) is 4.83. The molecule has 0 saturated heterocycles. The molecule has 3 atom stereocenters. The summed E-state index contributed by atoms with van der Waals surface area (Å²) in [6.07, 6.45) is 3.95. The van der Waals surface area contributed by atoms with Crippen LogP contribution in [0, 0.1) is 34.5 Å². The van der Waals surface area contributed by atoms with E-state index in [-0.39, 0.29) is 0 Å². The minimum atomic E-state index is 0.388. The molecule has 0 fully saturated rings. The van der Waals surface area contributed by atoms with Crippen molar-refractivity contribution < 1.29 is 0 Å². The van der Waals surface area contributed by atoms with Crippen LogP contribution in [0.25, 0.3) is 0 Å². The van der Waals surface area contributed by atoms with Crippen LogP contribution in [0.3, 0.4) is 0 Å². The van der Waals surface area contributed by atoms with Gasteiger partial charge >= 0.3 is 0 Å². The highest BCUT2D eigenvalue weighted by atomic mass is 14.5. The topological polar surface area (TPSA) is 0 Å². The Bertz CT molecular complexity index is 249. The summed E-state index contributed by atoms with van der Waals surface area (Å²) in [6, 6.07) is 0. The lowest BCUT2D eigenvalue weighted by Gasteiger charge is -2.54. The highest BCUT2D eigenvalue weighted by Crippen LogP contribution is 2.55. The summed E-state index contributed by atoms with van der Waals surface area (Å²) in [5.41, 5.74) is 0.808. The van der Waals surface area contributed by atoms with Crippen LogP contribution in [0.15, 0.2) is 0 Å². The van der Waals surface area contributed by atoms with Gasteiger partial charge in [-0.1, -0.05) is 82.1 Å². The van der Waals surface area contributed by atoms with Crippen molar-refractivity contribution in [3.05, 3.63) is 0 Å². The van der Waals surface area contributed by atoms with Crippen LogP contribution in [0.2, 0.25) is 0 Å². The second kappa shape index (κ2) is 7.14. The van der Waals surface area contributed by atoms with Crippen molar-refractivity contribution in [2.24, 2.45) is 34.5 Å². The van der Waals surface area contributed by atoms with Gasteiger partial charge in [-0.3, -0.25) is 0 Å². The van der Waals surface area contributed by atoms with E-state index >= 15 is 0 Å². The zero-order valence-corrected chi connectivity index (χ0v) is 15.4. The van der Waals surface area contributed by atoms with Gasteiger partial charge < -0.3 is 0 Å². The average Bonchev–Trinajstić information content (AvgIpc) is 2.26. The van der Waals surface area contributed by atoms with E-state index in [9.17, 15) is 0 Å². The standard InChI is InChI=1S/C19H40/c1-11-13-16(7)17(14(3)4)18(8,9)19(10,12-2)15(5)6/h14-17H,11-13H2,1-10H3. The molecule has 0 nitrogen and oxygen atoms in total. The largest absolute Gasteiger partial charge is 0.0654 e. The first-order valence-electron chi connectivity index (χ1n) is 8.56. The summed E-state index contributed by atoms with van der Waals surface area (Å²) in [5, 5.41) is 0. The van der Waals surface area contributed by atoms with E-state index in [1.54, 1.807) is 0 Å². The van der Waals surface area contributed by atoms with Crippen molar-refractivity contribution >= 4 is 0 Å². The minimum absolute atomic E-state index is 0.388. The molecule has 0 aromatic carbocycles. The number of hydrogen-bond donors (Lipinski definition) is 0. The minimum Gasteiger partial charge on any atom is -0.0654 e. The van der Waals surface area contributed by atoms with Gasteiger partial charge in [0, 0.05) is 0 Å². The van der Waals surface area contributed by atoms with E-state index in [1.807, 2.05) is 0 Å². The lowest BCUT2D eigenvalue weighted by Crippen LogP contribution is -2.48. The van der Waals surface area contributed by atoms with Gasteiger partial charge in [-0.15, -0.1) is 0 Å². The van der Waals surface area contributed by atoms with Crippen molar-refractivity contribution in [2.45, 2.75) is 88.5 Å². The molecule has 0 heterocycles. The molecule has 0 aromatic rings. The summed E-state index contributed by atoms with van der Waals surface area (Å²) >= 11 is 0. The second-order valence-electron chi connectivity index (χ2n) is 8.18. The molecule has 0 radical (unpaired) electrons. The van der Waals surface area contributed by atoms with Gasteiger partial charge in [-0.2, -0.15) is 0 Å². The number of rotatable bonds is 8. The Morgan fingerprint density at radius 1 is 0.842 bits per heavy atom. The van der Waals surface area contributed by atoms with Gasteiger partial charge in [0.15, 0.2) is 0 Å². The maximum atomic E-state index is 2.54. The van der Waals surface area contributed by atoms with Crippen molar-refractivity contribution in [3.63, 3.8) is 0 Å². The predicted molar refractivity (Wildman–Crippen MR) is 89.4 cm³/mol. The molecular formula is C19H40. The van der Waals surface area contributed by atoms with E-state index in [0.717, 1.165) is 23.7 Å². The first-order chi connectivity index (χ1) is 8.56. The van der Waals surface area contributed by atoms with E-state index in [0.29, 0.717) is 10.8 Å². The molecule has 0 aromatic heterocycles. The highest BCUT2D eigenvalue weighted by molar-refractivity contribution is 4.97. The lowest BCUT2D eigenvalue weighted by atomic mass is 9.50. The van der Waals surface area contributed by atoms with Gasteiger partial charge in [0.05, 0.1) is 0 Å². The van der Waals surface area contributed by atoms with Crippen molar-refractivity contribution in [2.75, 3.05) is 0 Å². The fraction of sp³-hybridized carbons (Fsp3) is 1.00. The Balaban J connectivity index is 5.51. The van der Waals surface area contributed by atoms with Crippen LogP contribution in [0.4, 0.5) is 0 Å². The van der Waals surface area contributed by atoms with Gasteiger partial charge in [0.25, 0.3) is 0 Å². The summed E-state index contributed by atoms with van der Waals surface area (Å²) in [4.78, 5) is 0. The molecule has 0 amide bonds. The molecule has 0 N–H and O–H groups in total. The predicted octanol–water partition coefficient (Wildman–Crippen LogP) is 6.79.